The maximum Gasteiger partial charge on any atom is 0.126 e. The first-order valence-corrected chi connectivity index (χ1v) is 8.89. The highest BCUT2D eigenvalue weighted by Crippen LogP contribution is 2.23. The lowest BCUT2D eigenvalue weighted by Crippen LogP contribution is -2.20. The fourth-order valence-electron chi connectivity index (χ4n) is 3.63. The number of halogens is 1. The van der Waals surface area contributed by atoms with Crippen molar-refractivity contribution in [3.05, 3.63) is 70.5 Å². The Hall–Kier alpha value is -1.71. The van der Waals surface area contributed by atoms with E-state index in [1.807, 2.05) is 19.1 Å². The van der Waals surface area contributed by atoms with Crippen LogP contribution in [0.1, 0.15) is 28.7 Å². The van der Waals surface area contributed by atoms with E-state index in [9.17, 15) is 4.39 Å². The van der Waals surface area contributed by atoms with Crippen molar-refractivity contribution in [3.8, 4) is 0 Å². The number of hydrogen-bond acceptors (Lipinski definition) is 2. The van der Waals surface area contributed by atoms with Crippen LogP contribution >= 0.6 is 0 Å². The zero-order valence-electron chi connectivity index (χ0n) is 14.5. The van der Waals surface area contributed by atoms with Crippen LogP contribution in [-0.4, -0.2) is 24.5 Å². The molecule has 0 amide bonds. The van der Waals surface area contributed by atoms with E-state index in [1.165, 1.54) is 23.1 Å². The molecular formula is C21H27FN2. The summed E-state index contributed by atoms with van der Waals surface area (Å²) in [5, 5.41) is 0. The Labute approximate surface area is 144 Å². The highest BCUT2D eigenvalue weighted by atomic mass is 19.1. The molecule has 0 aliphatic carbocycles. The van der Waals surface area contributed by atoms with Crippen LogP contribution in [0.5, 0.6) is 0 Å². The van der Waals surface area contributed by atoms with E-state index in [0.717, 1.165) is 38.0 Å². The predicted molar refractivity (Wildman–Crippen MR) is 97.4 cm³/mol. The summed E-state index contributed by atoms with van der Waals surface area (Å²) in [6.07, 6.45) is 3.22. The van der Waals surface area contributed by atoms with E-state index in [1.54, 1.807) is 6.07 Å². The summed E-state index contributed by atoms with van der Waals surface area (Å²) < 4.78 is 13.4. The van der Waals surface area contributed by atoms with Crippen molar-refractivity contribution in [1.82, 2.24) is 4.90 Å². The summed E-state index contributed by atoms with van der Waals surface area (Å²) in [6.45, 7) is 5.84. The van der Waals surface area contributed by atoms with Gasteiger partial charge in [0.15, 0.2) is 0 Å². The molecule has 0 bridgehead atoms. The average molecular weight is 326 g/mol. The van der Waals surface area contributed by atoms with Crippen LogP contribution in [0.3, 0.4) is 0 Å². The van der Waals surface area contributed by atoms with Gasteiger partial charge in [0.05, 0.1) is 0 Å². The highest BCUT2D eigenvalue weighted by molar-refractivity contribution is 5.25. The Kier molecular flexibility index (Phi) is 5.64. The monoisotopic (exact) mass is 326 g/mol. The van der Waals surface area contributed by atoms with Gasteiger partial charge in [0, 0.05) is 13.1 Å². The molecule has 0 saturated carbocycles. The molecule has 0 aromatic heterocycles. The molecule has 3 heteroatoms. The molecule has 128 valence electrons. The number of aryl methyl sites for hydroxylation is 1. The maximum atomic E-state index is 13.4. The van der Waals surface area contributed by atoms with Crippen molar-refractivity contribution in [2.24, 2.45) is 11.7 Å². The van der Waals surface area contributed by atoms with E-state index in [-0.39, 0.29) is 5.82 Å². The summed E-state index contributed by atoms with van der Waals surface area (Å²) in [7, 11) is 0. The van der Waals surface area contributed by atoms with Crippen molar-refractivity contribution in [3.63, 3.8) is 0 Å². The van der Waals surface area contributed by atoms with Crippen LogP contribution in [0.2, 0.25) is 0 Å². The number of hydrogen-bond donors (Lipinski definition) is 1. The average Bonchev–Trinajstić information content (AvgIpc) is 3.00. The standard InChI is InChI=1S/C21H27FN2/c1-16-12-19(6-7-21(16)22)13-20-9-11-24(15-20)14-18-4-2-17(3-5-18)8-10-23/h2-7,12,20H,8-11,13-15,23H2,1H3. The predicted octanol–water partition coefficient (Wildman–Crippen LogP) is 3.70. The van der Waals surface area contributed by atoms with Crippen molar-refractivity contribution in [2.75, 3.05) is 19.6 Å². The highest BCUT2D eigenvalue weighted by Gasteiger charge is 2.22. The van der Waals surface area contributed by atoms with Gasteiger partial charge in [0.25, 0.3) is 0 Å². The molecule has 1 aliphatic rings. The van der Waals surface area contributed by atoms with Gasteiger partial charge < -0.3 is 5.73 Å². The lowest BCUT2D eigenvalue weighted by Gasteiger charge is -2.16. The zero-order chi connectivity index (χ0) is 16.9. The smallest absolute Gasteiger partial charge is 0.126 e. The number of likely N-dealkylation sites (tertiary alicyclic amines) is 1. The van der Waals surface area contributed by atoms with Crippen molar-refractivity contribution in [1.29, 1.82) is 0 Å². The third-order valence-electron chi connectivity index (χ3n) is 4.98. The van der Waals surface area contributed by atoms with E-state index < -0.39 is 0 Å². The van der Waals surface area contributed by atoms with E-state index in [0.29, 0.717) is 12.5 Å². The minimum absolute atomic E-state index is 0.107. The van der Waals surface area contributed by atoms with Gasteiger partial charge >= 0.3 is 0 Å². The Morgan fingerprint density at radius 2 is 1.79 bits per heavy atom. The maximum absolute atomic E-state index is 13.4. The van der Waals surface area contributed by atoms with E-state index in [2.05, 4.69) is 29.2 Å². The van der Waals surface area contributed by atoms with Gasteiger partial charge in [0.1, 0.15) is 5.82 Å². The Morgan fingerprint density at radius 1 is 1.08 bits per heavy atom. The van der Waals surface area contributed by atoms with Crippen LogP contribution in [0.4, 0.5) is 4.39 Å². The summed E-state index contributed by atoms with van der Waals surface area (Å²) in [5.74, 6) is 0.566. The molecule has 0 radical (unpaired) electrons. The lowest BCUT2D eigenvalue weighted by atomic mass is 9.97. The first-order valence-electron chi connectivity index (χ1n) is 8.89. The molecule has 1 aliphatic heterocycles. The van der Waals surface area contributed by atoms with Gasteiger partial charge in [-0.3, -0.25) is 4.90 Å². The number of nitrogens with two attached hydrogens (primary N) is 1. The molecular weight excluding hydrogens is 299 g/mol. The van der Waals surface area contributed by atoms with Gasteiger partial charge in [-0.05, 0) is 73.5 Å². The first-order chi connectivity index (χ1) is 11.6. The van der Waals surface area contributed by atoms with Crippen LogP contribution in [0, 0.1) is 18.7 Å². The summed E-state index contributed by atoms with van der Waals surface area (Å²) in [4.78, 5) is 2.53. The van der Waals surface area contributed by atoms with Gasteiger partial charge in [-0.25, -0.2) is 4.39 Å². The topological polar surface area (TPSA) is 29.3 Å². The molecule has 2 nitrogen and oxygen atoms in total. The minimum atomic E-state index is -0.107. The Balaban J connectivity index is 1.52. The molecule has 2 aromatic rings. The number of benzene rings is 2. The summed E-state index contributed by atoms with van der Waals surface area (Å²) in [6, 6.07) is 14.4. The van der Waals surface area contributed by atoms with Crippen LogP contribution in [-0.2, 0) is 19.4 Å². The normalized spacial score (nSPS) is 18.2. The van der Waals surface area contributed by atoms with Crippen LogP contribution < -0.4 is 5.73 Å². The molecule has 1 saturated heterocycles. The fraction of sp³-hybridized carbons (Fsp3) is 0.429. The largest absolute Gasteiger partial charge is 0.330 e. The number of nitrogens with zero attached hydrogens (tertiary/aromatic N) is 1. The Morgan fingerprint density at radius 3 is 2.50 bits per heavy atom. The van der Waals surface area contributed by atoms with Gasteiger partial charge in [-0.2, -0.15) is 0 Å². The second kappa shape index (κ2) is 7.91. The number of rotatable bonds is 6. The lowest BCUT2D eigenvalue weighted by molar-refractivity contribution is 0.316. The summed E-state index contributed by atoms with van der Waals surface area (Å²) in [5.41, 5.74) is 10.3. The second-order valence-electron chi connectivity index (χ2n) is 7.03. The van der Waals surface area contributed by atoms with Crippen molar-refractivity contribution < 1.29 is 4.39 Å². The molecule has 0 spiro atoms. The molecule has 24 heavy (non-hydrogen) atoms. The van der Waals surface area contributed by atoms with Crippen LogP contribution in [0.25, 0.3) is 0 Å². The fourth-order valence-corrected chi connectivity index (χ4v) is 3.63. The zero-order valence-corrected chi connectivity index (χ0v) is 14.5. The quantitative estimate of drug-likeness (QED) is 0.877. The molecule has 2 N–H and O–H groups in total. The Bertz CT molecular complexity index is 666. The molecule has 3 rings (SSSR count). The van der Waals surface area contributed by atoms with Crippen LogP contribution in [0.15, 0.2) is 42.5 Å². The van der Waals surface area contributed by atoms with E-state index >= 15 is 0 Å². The molecule has 1 heterocycles. The third-order valence-corrected chi connectivity index (χ3v) is 4.98. The van der Waals surface area contributed by atoms with Gasteiger partial charge in [0.2, 0.25) is 0 Å². The molecule has 1 fully saturated rings. The van der Waals surface area contributed by atoms with Crippen molar-refractivity contribution >= 4 is 0 Å². The molecule has 2 aromatic carbocycles. The second-order valence-corrected chi connectivity index (χ2v) is 7.03. The molecule has 1 unspecified atom stereocenters. The summed E-state index contributed by atoms with van der Waals surface area (Å²) >= 11 is 0. The van der Waals surface area contributed by atoms with Crippen molar-refractivity contribution in [2.45, 2.75) is 32.7 Å². The third kappa shape index (κ3) is 4.43. The van der Waals surface area contributed by atoms with Gasteiger partial charge in [-0.15, -0.1) is 0 Å². The van der Waals surface area contributed by atoms with E-state index in [4.69, 9.17) is 5.73 Å². The SMILES string of the molecule is Cc1cc(CC2CCN(Cc3ccc(CCN)cc3)C2)ccc1F. The minimum Gasteiger partial charge on any atom is -0.330 e. The first kappa shape index (κ1) is 17.1. The van der Waals surface area contributed by atoms with Gasteiger partial charge in [-0.1, -0.05) is 36.4 Å². The molecule has 1 atom stereocenters.